The maximum atomic E-state index is 5.96. The number of nitrogens with one attached hydrogen (secondary N) is 1. The Morgan fingerprint density at radius 1 is 1.43 bits per heavy atom. The molecule has 0 saturated heterocycles. The van der Waals surface area contributed by atoms with Gasteiger partial charge in [-0.25, -0.2) is 4.98 Å². The molecule has 0 spiro atoms. The summed E-state index contributed by atoms with van der Waals surface area (Å²) < 4.78 is 5.96. The Hall–Kier alpha value is -1.14. The zero-order valence-corrected chi connectivity index (χ0v) is 15.5. The molecule has 23 heavy (non-hydrogen) atoms. The quantitative estimate of drug-likeness (QED) is 0.471. The van der Waals surface area contributed by atoms with E-state index in [4.69, 9.17) is 4.74 Å². The Bertz CT molecular complexity index is 483. The van der Waals surface area contributed by atoms with Crippen molar-refractivity contribution in [2.24, 2.45) is 4.99 Å². The average Bonchev–Trinajstić information content (AvgIpc) is 2.96. The first-order chi connectivity index (χ1) is 11.2. The molecule has 1 saturated carbocycles. The number of thiazole rings is 1. The van der Waals surface area contributed by atoms with Crippen LogP contribution in [0, 0.1) is 6.92 Å². The van der Waals surface area contributed by atoms with E-state index in [0.29, 0.717) is 6.10 Å². The van der Waals surface area contributed by atoms with E-state index in [2.05, 4.69) is 25.6 Å². The molecule has 1 heterocycles. The summed E-state index contributed by atoms with van der Waals surface area (Å²) in [4.78, 5) is 11.0. The molecule has 1 aliphatic carbocycles. The molecule has 5 nitrogen and oxygen atoms in total. The predicted molar refractivity (Wildman–Crippen MR) is 97.1 cm³/mol. The second kappa shape index (κ2) is 9.88. The van der Waals surface area contributed by atoms with Crippen molar-refractivity contribution in [2.45, 2.75) is 58.1 Å². The van der Waals surface area contributed by atoms with Gasteiger partial charge in [0.1, 0.15) is 0 Å². The molecule has 0 unspecified atom stereocenters. The molecule has 1 fully saturated rings. The summed E-state index contributed by atoms with van der Waals surface area (Å²) in [5.74, 6) is 0.910. The molecule has 0 radical (unpaired) electrons. The Labute approximate surface area is 144 Å². The number of hydrogen-bond acceptors (Lipinski definition) is 4. The molecule has 0 aliphatic heterocycles. The molecule has 2 rings (SSSR count). The number of hydrogen-bond donors (Lipinski definition) is 1. The summed E-state index contributed by atoms with van der Waals surface area (Å²) in [6.07, 6.45) is 8.03. The second-order valence-corrected chi connectivity index (χ2v) is 7.23. The fourth-order valence-electron chi connectivity index (χ4n) is 2.94. The standard InChI is InChI=1S/C17H30N4OS/c1-14-20-15(13-23-14)12-21(3)17(18-2)19-10-7-11-22-16-8-5-4-6-9-16/h13,16H,4-12H2,1-3H3,(H,18,19). The van der Waals surface area contributed by atoms with Crippen molar-refractivity contribution in [3.05, 3.63) is 16.1 Å². The summed E-state index contributed by atoms with van der Waals surface area (Å²) >= 11 is 1.69. The highest BCUT2D eigenvalue weighted by molar-refractivity contribution is 7.09. The van der Waals surface area contributed by atoms with Crippen LogP contribution in [0.2, 0.25) is 0 Å². The molecule has 130 valence electrons. The maximum absolute atomic E-state index is 5.96. The highest BCUT2D eigenvalue weighted by atomic mass is 32.1. The van der Waals surface area contributed by atoms with Gasteiger partial charge in [0, 0.05) is 32.6 Å². The Morgan fingerprint density at radius 3 is 2.87 bits per heavy atom. The first kappa shape index (κ1) is 18.2. The number of guanidine groups is 1. The van der Waals surface area contributed by atoms with Gasteiger partial charge < -0.3 is 15.0 Å². The number of ether oxygens (including phenoxy) is 1. The number of aliphatic imine (C=N–C) groups is 1. The van der Waals surface area contributed by atoms with Crippen LogP contribution in [0.15, 0.2) is 10.4 Å². The van der Waals surface area contributed by atoms with Gasteiger partial charge in [-0.1, -0.05) is 19.3 Å². The van der Waals surface area contributed by atoms with Crippen LogP contribution in [0.5, 0.6) is 0 Å². The minimum absolute atomic E-state index is 0.499. The summed E-state index contributed by atoms with van der Waals surface area (Å²) in [5.41, 5.74) is 1.10. The summed E-state index contributed by atoms with van der Waals surface area (Å²) in [6, 6.07) is 0. The van der Waals surface area contributed by atoms with Crippen LogP contribution in [-0.2, 0) is 11.3 Å². The van der Waals surface area contributed by atoms with Crippen LogP contribution >= 0.6 is 11.3 Å². The third-order valence-electron chi connectivity index (χ3n) is 4.15. The normalized spacial score (nSPS) is 16.6. The zero-order valence-electron chi connectivity index (χ0n) is 14.7. The molecule has 1 aliphatic rings. The van der Waals surface area contributed by atoms with Crippen molar-refractivity contribution in [3.8, 4) is 0 Å². The highest BCUT2D eigenvalue weighted by Crippen LogP contribution is 2.20. The van der Waals surface area contributed by atoms with Gasteiger partial charge in [-0.3, -0.25) is 4.99 Å². The van der Waals surface area contributed by atoms with Crippen LogP contribution in [0.25, 0.3) is 0 Å². The number of aromatic nitrogens is 1. The monoisotopic (exact) mass is 338 g/mol. The van der Waals surface area contributed by atoms with Crippen molar-refractivity contribution in [1.82, 2.24) is 15.2 Å². The average molecular weight is 339 g/mol. The smallest absolute Gasteiger partial charge is 0.193 e. The Morgan fingerprint density at radius 2 is 2.22 bits per heavy atom. The van der Waals surface area contributed by atoms with E-state index in [-0.39, 0.29) is 0 Å². The number of rotatable bonds is 7. The minimum atomic E-state index is 0.499. The fraction of sp³-hybridized carbons (Fsp3) is 0.765. The van der Waals surface area contributed by atoms with Gasteiger partial charge in [0.05, 0.1) is 23.4 Å². The van der Waals surface area contributed by atoms with E-state index in [0.717, 1.165) is 42.8 Å². The van der Waals surface area contributed by atoms with E-state index in [9.17, 15) is 0 Å². The van der Waals surface area contributed by atoms with Gasteiger partial charge in [-0.15, -0.1) is 11.3 Å². The Kier molecular flexibility index (Phi) is 7.82. The summed E-state index contributed by atoms with van der Waals surface area (Å²) in [6.45, 7) is 4.54. The van der Waals surface area contributed by atoms with Crippen LogP contribution in [0.3, 0.4) is 0 Å². The highest BCUT2D eigenvalue weighted by Gasteiger charge is 2.13. The van der Waals surface area contributed by atoms with Crippen LogP contribution in [-0.4, -0.2) is 49.2 Å². The first-order valence-electron chi connectivity index (χ1n) is 8.63. The fourth-order valence-corrected chi connectivity index (χ4v) is 3.54. The van der Waals surface area contributed by atoms with Crippen molar-refractivity contribution in [2.75, 3.05) is 27.2 Å². The Balaban J connectivity index is 1.62. The lowest BCUT2D eigenvalue weighted by Gasteiger charge is -2.23. The molecule has 1 aromatic rings. The van der Waals surface area contributed by atoms with E-state index < -0.39 is 0 Å². The van der Waals surface area contributed by atoms with Gasteiger partial charge in [-0.2, -0.15) is 0 Å². The SMILES string of the molecule is CN=C(NCCCOC1CCCCC1)N(C)Cc1csc(C)n1. The van der Waals surface area contributed by atoms with Gasteiger partial charge in [0.15, 0.2) is 5.96 Å². The van der Waals surface area contributed by atoms with Crippen LogP contribution in [0.1, 0.15) is 49.2 Å². The van der Waals surface area contributed by atoms with Crippen LogP contribution in [0.4, 0.5) is 0 Å². The van der Waals surface area contributed by atoms with E-state index >= 15 is 0 Å². The number of nitrogens with zero attached hydrogens (tertiary/aromatic N) is 3. The van der Waals surface area contributed by atoms with E-state index in [1.54, 1.807) is 11.3 Å². The second-order valence-electron chi connectivity index (χ2n) is 6.17. The van der Waals surface area contributed by atoms with E-state index in [1.165, 1.54) is 32.1 Å². The predicted octanol–water partition coefficient (Wildman–Crippen LogP) is 3.20. The molecule has 1 aromatic heterocycles. The lowest BCUT2D eigenvalue weighted by Crippen LogP contribution is -2.39. The van der Waals surface area contributed by atoms with Gasteiger partial charge in [-0.05, 0) is 26.2 Å². The van der Waals surface area contributed by atoms with Crippen molar-refractivity contribution in [3.63, 3.8) is 0 Å². The lowest BCUT2D eigenvalue weighted by molar-refractivity contribution is 0.0276. The molecule has 1 N–H and O–H groups in total. The lowest BCUT2D eigenvalue weighted by atomic mass is 9.98. The van der Waals surface area contributed by atoms with Crippen molar-refractivity contribution < 1.29 is 4.74 Å². The van der Waals surface area contributed by atoms with Gasteiger partial charge >= 0.3 is 0 Å². The zero-order chi connectivity index (χ0) is 16.5. The third-order valence-corrected chi connectivity index (χ3v) is 4.97. The summed E-state index contributed by atoms with van der Waals surface area (Å²) in [5, 5.41) is 6.62. The molecular weight excluding hydrogens is 308 g/mol. The molecule has 6 heteroatoms. The minimum Gasteiger partial charge on any atom is -0.378 e. The number of aryl methyl sites for hydroxylation is 1. The molecular formula is C17H30N4OS. The molecule has 0 atom stereocenters. The van der Waals surface area contributed by atoms with Crippen molar-refractivity contribution in [1.29, 1.82) is 0 Å². The van der Waals surface area contributed by atoms with E-state index in [1.807, 2.05) is 21.0 Å². The van der Waals surface area contributed by atoms with Crippen LogP contribution < -0.4 is 5.32 Å². The van der Waals surface area contributed by atoms with Gasteiger partial charge in [0.2, 0.25) is 0 Å². The topological polar surface area (TPSA) is 49.8 Å². The van der Waals surface area contributed by atoms with Gasteiger partial charge in [0.25, 0.3) is 0 Å². The largest absolute Gasteiger partial charge is 0.378 e. The molecule has 0 amide bonds. The molecule has 0 bridgehead atoms. The third kappa shape index (κ3) is 6.47. The van der Waals surface area contributed by atoms with Crippen molar-refractivity contribution >= 4 is 17.3 Å². The summed E-state index contributed by atoms with van der Waals surface area (Å²) in [7, 11) is 3.87. The maximum Gasteiger partial charge on any atom is 0.193 e. The first-order valence-corrected chi connectivity index (χ1v) is 9.51. The molecule has 0 aromatic carbocycles.